The molecule has 34 heavy (non-hydrogen) atoms. The number of halogens is 3. The van der Waals surface area contributed by atoms with E-state index in [-0.39, 0.29) is 5.60 Å². The van der Waals surface area contributed by atoms with E-state index in [0.717, 1.165) is 51.6 Å². The fraction of sp³-hybridized carbons (Fsp3) is 0.391. The monoisotopic (exact) mass is 494 g/mol. The van der Waals surface area contributed by atoms with Gasteiger partial charge in [0.05, 0.1) is 18.0 Å². The molecule has 0 amide bonds. The molecule has 2 aromatic heterocycles. The molecule has 1 spiro atoms. The Hall–Kier alpha value is -2.73. The Bertz CT molecular complexity index is 1080. The van der Waals surface area contributed by atoms with E-state index in [9.17, 15) is 13.2 Å². The first-order chi connectivity index (χ1) is 16.2. The van der Waals surface area contributed by atoms with Crippen LogP contribution in [-0.2, 0) is 22.6 Å². The summed E-state index contributed by atoms with van der Waals surface area (Å²) in [4.78, 5) is 12.7. The average molecular weight is 495 g/mol. The number of carboxylic acids is 1. The summed E-state index contributed by atoms with van der Waals surface area (Å²) in [7, 11) is 0. The van der Waals surface area contributed by atoms with Crippen LogP contribution in [0.4, 0.5) is 13.2 Å². The zero-order chi connectivity index (χ0) is 24.2. The standard InChI is InChI=1S/C21H24N4OS.C2HF3O2/c1-2-5-17(6-3-1)11-25-13-18(20(23-25)19-7-4-10-27-19)12-24-8-9-26-21(16-24)14-22-15-21;3-2(4,5)1(6)7/h1-7,10,13,22H,8-9,11-12,14-16H2;(H,6,7). The van der Waals surface area contributed by atoms with Gasteiger partial charge < -0.3 is 15.2 Å². The van der Waals surface area contributed by atoms with E-state index < -0.39 is 12.1 Å². The number of hydrogen-bond acceptors (Lipinski definition) is 6. The summed E-state index contributed by atoms with van der Waals surface area (Å²) in [6.45, 7) is 6.45. The third-order valence-corrected chi connectivity index (χ3v) is 6.51. The summed E-state index contributed by atoms with van der Waals surface area (Å²) in [5.41, 5.74) is 3.72. The summed E-state index contributed by atoms with van der Waals surface area (Å²) in [5.74, 6) is -2.76. The summed E-state index contributed by atoms with van der Waals surface area (Å²) in [6.07, 6.45) is -2.86. The van der Waals surface area contributed by atoms with E-state index in [0.29, 0.717) is 0 Å². The van der Waals surface area contributed by atoms with Crippen LogP contribution in [0, 0.1) is 0 Å². The molecule has 182 valence electrons. The Morgan fingerprint density at radius 1 is 1.18 bits per heavy atom. The largest absolute Gasteiger partial charge is 0.490 e. The van der Waals surface area contributed by atoms with Gasteiger partial charge in [0.25, 0.3) is 0 Å². The number of nitrogens with zero attached hydrogens (tertiary/aromatic N) is 3. The molecular weight excluding hydrogens is 469 g/mol. The molecule has 0 unspecified atom stereocenters. The van der Waals surface area contributed by atoms with Crippen molar-refractivity contribution < 1.29 is 27.8 Å². The maximum absolute atomic E-state index is 10.6. The third-order valence-electron chi connectivity index (χ3n) is 5.64. The molecule has 2 aliphatic rings. The first kappa shape index (κ1) is 24.4. The lowest BCUT2D eigenvalue weighted by Crippen LogP contribution is -2.68. The van der Waals surface area contributed by atoms with Crippen LogP contribution >= 0.6 is 11.3 Å². The summed E-state index contributed by atoms with van der Waals surface area (Å²) < 4.78 is 39.9. The molecule has 0 aliphatic carbocycles. The van der Waals surface area contributed by atoms with Crippen LogP contribution in [0.5, 0.6) is 0 Å². The minimum absolute atomic E-state index is 0.0291. The van der Waals surface area contributed by atoms with E-state index >= 15 is 0 Å². The van der Waals surface area contributed by atoms with Crippen LogP contribution in [0.15, 0.2) is 54.0 Å². The van der Waals surface area contributed by atoms with Gasteiger partial charge in [-0.2, -0.15) is 18.3 Å². The topological polar surface area (TPSA) is 79.6 Å². The second-order valence-corrected chi connectivity index (χ2v) is 9.26. The number of alkyl halides is 3. The summed E-state index contributed by atoms with van der Waals surface area (Å²) >= 11 is 1.76. The van der Waals surface area contributed by atoms with E-state index in [1.807, 2.05) is 0 Å². The number of aliphatic carboxylic acids is 1. The predicted molar refractivity (Wildman–Crippen MR) is 122 cm³/mol. The highest BCUT2D eigenvalue weighted by Crippen LogP contribution is 2.30. The fourth-order valence-electron chi connectivity index (χ4n) is 3.97. The van der Waals surface area contributed by atoms with Crippen LogP contribution in [-0.4, -0.2) is 70.3 Å². The Morgan fingerprint density at radius 2 is 1.91 bits per heavy atom. The first-order valence-corrected chi connectivity index (χ1v) is 11.6. The van der Waals surface area contributed by atoms with E-state index in [2.05, 4.69) is 68.9 Å². The van der Waals surface area contributed by atoms with Crippen molar-refractivity contribution in [2.75, 3.05) is 32.8 Å². The third kappa shape index (κ3) is 6.03. The van der Waals surface area contributed by atoms with Gasteiger partial charge in [-0.25, -0.2) is 4.79 Å². The molecule has 11 heteroatoms. The second-order valence-electron chi connectivity index (χ2n) is 8.31. The number of ether oxygens (including phenoxy) is 1. The van der Waals surface area contributed by atoms with Gasteiger partial charge in [0.15, 0.2) is 0 Å². The van der Waals surface area contributed by atoms with Crippen molar-refractivity contribution in [3.8, 4) is 10.6 Å². The smallest absolute Gasteiger partial charge is 0.475 e. The lowest BCUT2D eigenvalue weighted by atomic mass is 9.94. The normalized spacial score (nSPS) is 17.6. The zero-order valence-electron chi connectivity index (χ0n) is 18.3. The van der Waals surface area contributed by atoms with Gasteiger partial charge in [-0.3, -0.25) is 9.58 Å². The number of nitrogens with one attached hydrogen (secondary N) is 1. The number of benzene rings is 1. The Balaban J connectivity index is 0.000000344. The molecule has 2 N–H and O–H groups in total. The van der Waals surface area contributed by atoms with Gasteiger partial charge in [-0.05, 0) is 17.0 Å². The van der Waals surface area contributed by atoms with Crippen LogP contribution in [0.3, 0.4) is 0 Å². The molecule has 0 atom stereocenters. The molecule has 0 saturated carbocycles. The van der Waals surface area contributed by atoms with Gasteiger partial charge in [0.2, 0.25) is 0 Å². The minimum Gasteiger partial charge on any atom is -0.475 e. The van der Waals surface area contributed by atoms with Gasteiger partial charge >= 0.3 is 12.1 Å². The van der Waals surface area contributed by atoms with Crippen LogP contribution in [0.25, 0.3) is 10.6 Å². The first-order valence-electron chi connectivity index (χ1n) is 10.8. The molecule has 0 bridgehead atoms. The number of carbonyl (C=O) groups is 1. The van der Waals surface area contributed by atoms with Crippen molar-refractivity contribution in [2.45, 2.75) is 24.9 Å². The van der Waals surface area contributed by atoms with Crippen molar-refractivity contribution >= 4 is 17.3 Å². The van der Waals surface area contributed by atoms with E-state index in [4.69, 9.17) is 19.7 Å². The molecular formula is C23H25F3N4O3S. The molecule has 2 aliphatic heterocycles. The summed E-state index contributed by atoms with van der Waals surface area (Å²) in [5, 5.41) is 17.5. The molecule has 2 saturated heterocycles. The van der Waals surface area contributed by atoms with Crippen molar-refractivity contribution in [2.24, 2.45) is 0 Å². The summed E-state index contributed by atoms with van der Waals surface area (Å²) in [6, 6.07) is 14.8. The highest BCUT2D eigenvalue weighted by Gasteiger charge is 2.42. The van der Waals surface area contributed by atoms with Crippen molar-refractivity contribution in [1.82, 2.24) is 20.0 Å². The number of rotatable bonds is 5. The zero-order valence-corrected chi connectivity index (χ0v) is 19.1. The molecule has 4 heterocycles. The SMILES string of the molecule is O=C(O)C(F)(F)F.c1ccc(Cn2cc(CN3CCOC4(CNC4)C3)c(-c3cccs3)n2)cc1. The number of hydrogen-bond donors (Lipinski definition) is 2. The van der Waals surface area contributed by atoms with Crippen LogP contribution < -0.4 is 5.32 Å². The lowest BCUT2D eigenvalue weighted by Gasteiger charge is -2.48. The Morgan fingerprint density at radius 3 is 2.50 bits per heavy atom. The quantitative estimate of drug-likeness (QED) is 0.566. The lowest BCUT2D eigenvalue weighted by molar-refractivity contribution is -0.192. The predicted octanol–water partition coefficient (Wildman–Crippen LogP) is 3.47. The second kappa shape index (κ2) is 10.3. The number of morpholine rings is 1. The van der Waals surface area contributed by atoms with Gasteiger partial charge in [-0.15, -0.1) is 11.3 Å². The van der Waals surface area contributed by atoms with Gasteiger partial charge in [0, 0.05) is 44.5 Å². The molecule has 7 nitrogen and oxygen atoms in total. The highest BCUT2D eigenvalue weighted by molar-refractivity contribution is 7.13. The molecule has 0 radical (unpaired) electrons. The average Bonchev–Trinajstić information content (AvgIpc) is 3.43. The van der Waals surface area contributed by atoms with E-state index in [1.54, 1.807) is 11.3 Å². The Labute approximate surface area is 198 Å². The van der Waals surface area contributed by atoms with Crippen LogP contribution in [0.2, 0.25) is 0 Å². The maximum atomic E-state index is 10.6. The molecule has 5 rings (SSSR count). The minimum atomic E-state index is -5.08. The van der Waals surface area contributed by atoms with E-state index in [1.165, 1.54) is 16.0 Å². The number of thiophene rings is 1. The molecule has 1 aromatic carbocycles. The number of aromatic nitrogens is 2. The number of carboxylic acid groups (broad SMARTS) is 1. The molecule has 3 aromatic rings. The van der Waals surface area contributed by atoms with Crippen molar-refractivity contribution in [3.05, 3.63) is 65.2 Å². The Kier molecular flexibility index (Phi) is 7.36. The van der Waals surface area contributed by atoms with Gasteiger partial charge in [0.1, 0.15) is 11.3 Å². The highest BCUT2D eigenvalue weighted by atomic mass is 32.1. The fourth-order valence-corrected chi connectivity index (χ4v) is 4.71. The van der Waals surface area contributed by atoms with Crippen LogP contribution in [0.1, 0.15) is 11.1 Å². The van der Waals surface area contributed by atoms with Crippen molar-refractivity contribution in [1.29, 1.82) is 0 Å². The maximum Gasteiger partial charge on any atom is 0.490 e. The van der Waals surface area contributed by atoms with Crippen molar-refractivity contribution in [3.63, 3.8) is 0 Å². The van der Waals surface area contributed by atoms with Gasteiger partial charge in [-0.1, -0.05) is 36.4 Å². The molecule has 2 fully saturated rings.